The summed E-state index contributed by atoms with van der Waals surface area (Å²) in [5.41, 5.74) is 8.48. The highest BCUT2D eigenvalue weighted by Crippen LogP contribution is 2.29. The molecule has 0 saturated carbocycles. The molecule has 2 aromatic rings. The van der Waals surface area contributed by atoms with Crippen molar-refractivity contribution < 1.29 is 0 Å². The molecule has 1 fully saturated rings. The van der Waals surface area contributed by atoms with E-state index in [1.165, 1.54) is 23.1 Å². The van der Waals surface area contributed by atoms with E-state index in [0.29, 0.717) is 12.6 Å². The van der Waals surface area contributed by atoms with Crippen LogP contribution in [0.3, 0.4) is 0 Å². The van der Waals surface area contributed by atoms with Crippen LogP contribution >= 0.6 is 11.8 Å². The molecule has 0 amide bonds. The van der Waals surface area contributed by atoms with Crippen LogP contribution in [-0.2, 0) is 0 Å². The Bertz CT molecular complexity index is 601. The van der Waals surface area contributed by atoms with E-state index in [2.05, 4.69) is 52.8 Å². The van der Waals surface area contributed by atoms with Gasteiger partial charge in [0.1, 0.15) is 0 Å². The van der Waals surface area contributed by atoms with Crippen LogP contribution in [0.5, 0.6) is 0 Å². The predicted molar refractivity (Wildman–Crippen MR) is 91.6 cm³/mol. The van der Waals surface area contributed by atoms with Gasteiger partial charge in [-0.25, -0.2) is 0 Å². The van der Waals surface area contributed by atoms with E-state index in [4.69, 9.17) is 5.73 Å². The molecule has 3 nitrogen and oxygen atoms in total. The molecular weight excluding hydrogens is 278 g/mol. The van der Waals surface area contributed by atoms with Crippen molar-refractivity contribution in [1.82, 2.24) is 9.88 Å². The van der Waals surface area contributed by atoms with Crippen LogP contribution < -0.4 is 5.73 Å². The molecule has 1 aliphatic heterocycles. The Balaban J connectivity index is 1.86. The molecule has 2 N–H and O–H groups in total. The SMILES string of the molecule is CCC1CN(C(CN)c2ccc3ncccc3c2)CCS1. The summed E-state index contributed by atoms with van der Waals surface area (Å²) in [6, 6.07) is 11.0. The van der Waals surface area contributed by atoms with Crippen molar-refractivity contribution in [2.24, 2.45) is 5.73 Å². The highest BCUT2D eigenvalue weighted by atomic mass is 32.2. The van der Waals surface area contributed by atoms with Gasteiger partial charge in [-0.15, -0.1) is 0 Å². The van der Waals surface area contributed by atoms with Gasteiger partial charge in [0.25, 0.3) is 0 Å². The van der Waals surface area contributed by atoms with Crippen molar-refractivity contribution >= 4 is 22.7 Å². The largest absolute Gasteiger partial charge is 0.329 e. The molecule has 2 heterocycles. The minimum Gasteiger partial charge on any atom is -0.329 e. The number of thioether (sulfide) groups is 1. The van der Waals surface area contributed by atoms with Crippen LogP contribution in [0.25, 0.3) is 10.9 Å². The number of nitrogens with two attached hydrogens (primary N) is 1. The third-order valence-corrected chi connectivity index (χ3v) is 5.67. The average molecular weight is 301 g/mol. The average Bonchev–Trinajstić information content (AvgIpc) is 2.56. The lowest BCUT2D eigenvalue weighted by molar-refractivity contribution is 0.208. The van der Waals surface area contributed by atoms with E-state index >= 15 is 0 Å². The molecule has 2 unspecified atom stereocenters. The standard InChI is InChI=1S/C17H23N3S/c1-2-15-12-20(8-9-21-15)17(11-18)14-5-6-16-13(10-14)4-3-7-19-16/h3-7,10,15,17H,2,8-9,11-12,18H2,1H3. The summed E-state index contributed by atoms with van der Waals surface area (Å²) in [5, 5.41) is 1.95. The maximum Gasteiger partial charge on any atom is 0.0702 e. The maximum absolute atomic E-state index is 6.10. The van der Waals surface area contributed by atoms with Crippen molar-refractivity contribution in [3.63, 3.8) is 0 Å². The fourth-order valence-electron chi connectivity index (χ4n) is 3.07. The normalized spacial score (nSPS) is 21.5. The van der Waals surface area contributed by atoms with Crippen LogP contribution in [0.2, 0.25) is 0 Å². The zero-order valence-electron chi connectivity index (χ0n) is 12.5. The second-order valence-electron chi connectivity index (χ2n) is 5.60. The van der Waals surface area contributed by atoms with E-state index in [9.17, 15) is 0 Å². The third kappa shape index (κ3) is 3.23. The van der Waals surface area contributed by atoms with Gasteiger partial charge in [-0.05, 0) is 30.2 Å². The Kier molecular flexibility index (Phi) is 4.78. The molecule has 1 aromatic carbocycles. The van der Waals surface area contributed by atoms with Crippen molar-refractivity contribution in [3.8, 4) is 0 Å². The van der Waals surface area contributed by atoms with Gasteiger partial charge in [0.2, 0.25) is 0 Å². The fourth-order valence-corrected chi connectivity index (χ4v) is 4.28. The zero-order chi connectivity index (χ0) is 14.7. The number of nitrogens with zero attached hydrogens (tertiary/aromatic N) is 2. The number of benzene rings is 1. The molecule has 3 rings (SSSR count). The van der Waals surface area contributed by atoms with Crippen molar-refractivity contribution in [3.05, 3.63) is 42.1 Å². The van der Waals surface area contributed by atoms with Crippen molar-refractivity contribution in [2.75, 3.05) is 25.4 Å². The number of fused-ring (bicyclic) bond motifs is 1. The van der Waals surface area contributed by atoms with E-state index in [-0.39, 0.29) is 0 Å². The molecule has 21 heavy (non-hydrogen) atoms. The molecular formula is C17H23N3S. The molecule has 2 atom stereocenters. The van der Waals surface area contributed by atoms with E-state index in [1.54, 1.807) is 0 Å². The summed E-state index contributed by atoms with van der Waals surface area (Å²) >= 11 is 2.10. The summed E-state index contributed by atoms with van der Waals surface area (Å²) in [4.78, 5) is 6.95. The molecule has 112 valence electrons. The first kappa shape index (κ1) is 14.8. The number of hydrogen-bond acceptors (Lipinski definition) is 4. The summed E-state index contributed by atoms with van der Waals surface area (Å²) in [5.74, 6) is 1.21. The van der Waals surface area contributed by atoms with Crippen LogP contribution in [0, 0.1) is 0 Å². The molecule has 0 aliphatic carbocycles. The molecule has 1 saturated heterocycles. The van der Waals surface area contributed by atoms with Crippen LogP contribution in [-0.4, -0.2) is 40.5 Å². The number of pyridine rings is 1. The third-order valence-electron chi connectivity index (χ3n) is 4.30. The van der Waals surface area contributed by atoms with E-state index in [0.717, 1.165) is 23.9 Å². The topological polar surface area (TPSA) is 42.1 Å². The maximum atomic E-state index is 6.10. The van der Waals surface area contributed by atoms with Gasteiger partial charge in [-0.1, -0.05) is 19.1 Å². The lowest BCUT2D eigenvalue weighted by atomic mass is 10.0. The van der Waals surface area contributed by atoms with Crippen LogP contribution in [0.1, 0.15) is 24.9 Å². The van der Waals surface area contributed by atoms with E-state index < -0.39 is 0 Å². The fraction of sp³-hybridized carbons (Fsp3) is 0.471. The minimum absolute atomic E-state index is 0.324. The number of rotatable bonds is 4. The Labute approximate surface area is 130 Å². The quantitative estimate of drug-likeness (QED) is 0.942. The molecule has 0 spiro atoms. The Morgan fingerprint density at radius 1 is 1.43 bits per heavy atom. The van der Waals surface area contributed by atoms with Crippen molar-refractivity contribution in [2.45, 2.75) is 24.6 Å². The second-order valence-corrected chi connectivity index (χ2v) is 7.01. The van der Waals surface area contributed by atoms with E-state index in [1.807, 2.05) is 12.3 Å². The summed E-state index contributed by atoms with van der Waals surface area (Å²) in [6.07, 6.45) is 3.08. The lowest BCUT2D eigenvalue weighted by Gasteiger charge is -2.37. The van der Waals surface area contributed by atoms with Gasteiger partial charge in [-0.3, -0.25) is 9.88 Å². The van der Waals surface area contributed by atoms with Crippen LogP contribution in [0.4, 0.5) is 0 Å². The molecule has 1 aromatic heterocycles. The molecule has 0 bridgehead atoms. The van der Waals surface area contributed by atoms with Crippen molar-refractivity contribution in [1.29, 1.82) is 0 Å². The zero-order valence-corrected chi connectivity index (χ0v) is 13.4. The van der Waals surface area contributed by atoms with Gasteiger partial charge >= 0.3 is 0 Å². The number of hydrogen-bond donors (Lipinski definition) is 1. The Hall–Kier alpha value is -1.10. The summed E-state index contributed by atoms with van der Waals surface area (Å²) in [7, 11) is 0. The van der Waals surface area contributed by atoms with Gasteiger partial charge < -0.3 is 5.73 Å². The first-order chi connectivity index (χ1) is 10.3. The Morgan fingerprint density at radius 2 is 2.33 bits per heavy atom. The highest BCUT2D eigenvalue weighted by molar-refractivity contribution is 8.00. The number of aromatic nitrogens is 1. The Morgan fingerprint density at radius 3 is 3.14 bits per heavy atom. The highest BCUT2D eigenvalue weighted by Gasteiger charge is 2.25. The first-order valence-electron chi connectivity index (χ1n) is 7.72. The van der Waals surface area contributed by atoms with Gasteiger partial charge in [0.05, 0.1) is 5.52 Å². The first-order valence-corrected chi connectivity index (χ1v) is 8.77. The van der Waals surface area contributed by atoms with Gasteiger partial charge in [0.15, 0.2) is 0 Å². The summed E-state index contributed by atoms with van der Waals surface area (Å²) in [6.45, 7) is 5.23. The summed E-state index contributed by atoms with van der Waals surface area (Å²) < 4.78 is 0. The van der Waals surface area contributed by atoms with Gasteiger partial charge in [-0.2, -0.15) is 11.8 Å². The molecule has 0 radical (unpaired) electrons. The van der Waals surface area contributed by atoms with Gasteiger partial charge in [0, 0.05) is 48.3 Å². The minimum atomic E-state index is 0.324. The lowest BCUT2D eigenvalue weighted by Crippen LogP contribution is -2.42. The predicted octanol–water partition coefficient (Wildman–Crippen LogP) is 3.06. The second kappa shape index (κ2) is 6.77. The molecule has 1 aliphatic rings. The monoisotopic (exact) mass is 301 g/mol. The smallest absolute Gasteiger partial charge is 0.0702 e. The van der Waals surface area contributed by atoms with Crippen LogP contribution in [0.15, 0.2) is 36.5 Å². The molecule has 4 heteroatoms.